The number of nitrogens with one attached hydrogen (secondary N) is 1. The number of methoxy groups -OCH3 is 1. The lowest BCUT2D eigenvalue weighted by atomic mass is 10.3. The Hall–Kier alpha value is -3.46. The van der Waals surface area contributed by atoms with Crippen LogP contribution in [-0.4, -0.2) is 28.0 Å². The minimum atomic E-state index is -4.09. The van der Waals surface area contributed by atoms with Crippen molar-refractivity contribution in [2.75, 3.05) is 23.3 Å². The van der Waals surface area contributed by atoms with Crippen LogP contribution in [0.15, 0.2) is 77.7 Å². The molecule has 30 heavy (non-hydrogen) atoms. The Bertz CT molecular complexity index is 1120. The predicted octanol–water partition coefficient (Wildman–Crippen LogP) is 3.81. The van der Waals surface area contributed by atoms with E-state index in [1.165, 1.54) is 31.4 Å². The molecular formula is C21H18F2N2O4S. The van der Waals surface area contributed by atoms with E-state index in [1.54, 1.807) is 30.3 Å². The smallest absolute Gasteiger partial charge is 0.264 e. The van der Waals surface area contributed by atoms with E-state index in [1.807, 2.05) is 0 Å². The van der Waals surface area contributed by atoms with Crippen LogP contribution >= 0.6 is 0 Å². The average Bonchev–Trinajstić information content (AvgIpc) is 2.72. The van der Waals surface area contributed by atoms with Gasteiger partial charge < -0.3 is 10.1 Å². The molecule has 0 aliphatic heterocycles. The number of nitrogens with zero attached hydrogens (tertiary/aromatic N) is 1. The Labute approximate surface area is 172 Å². The van der Waals surface area contributed by atoms with Gasteiger partial charge in [-0.1, -0.05) is 18.2 Å². The van der Waals surface area contributed by atoms with E-state index in [-0.39, 0.29) is 16.3 Å². The Morgan fingerprint density at radius 3 is 2.13 bits per heavy atom. The third-order valence-electron chi connectivity index (χ3n) is 4.13. The SMILES string of the molecule is COc1ccc(N(CC(=O)Nc2cc(F)cc(F)c2)S(=O)(=O)c2ccccc2)cc1. The molecule has 0 fully saturated rings. The van der Waals surface area contributed by atoms with E-state index < -0.39 is 34.1 Å². The first-order chi connectivity index (χ1) is 14.3. The molecule has 0 aromatic heterocycles. The number of anilines is 2. The van der Waals surface area contributed by atoms with Gasteiger partial charge in [0.2, 0.25) is 5.91 Å². The predicted molar refractivity (Wildman–Crippen MR) is 109 cm³/mol. The first-order valence-corrected chi connectivity index (χ1v) is 10.2. The summed E-state index contributed by atoms with van der Waals surface area (Å²) in [5.74, 6) is -1.99. The van der Waals surface area contributed by atoms with Crippen molar-refractivity contribution in [3.8, 4) is 5.75 Å². The maximum Gasteiger partial charge on any atom is 0.264 e. The number of halogens is 2. The highest BCUT2D eigenvalue weighted by atomic mass is 32.2. The van der Waals surface area contributed by atoms with Gasteiger partial charge in [-0.3, -0.25) is 9.10 Å². The summed E-state index contributed by atoms with van der Waals surface area (Å²) < 4.78 is 59.1. The first kappa shape index (κ1) is 21.3. The summed E-state index contributed by atoms with van der Waals surface area (Å²) >= 11 is 0. The average molecular weight is 432 g/mol. The summed E-state index contributed by atoms with van der Waals surface area (Å²) in [7, 11) is -2.62. The number of carbonyl (C=O) groups excluding carboxylic acids is 1. The van der Waals surface area contributed by atoms with Gasteiger partial charge in [0, 0.05) is 11.8 Å². The van der Waals surface area contributed by atoms with Crippen molar-refractivity contribution in [2.45, 2.75) is 4.90 Å². The number of carbonyl (C=O) groups is 1. The molecule has 3 rings (SSSR count). The van der Waals surface area contributed by atoms with Crippen molar-refractivity contribution in [3.63, 3.8) is 0 Å². The van der Waals surface area contributed by atoms with Crippen LogP contribution in [-0.2, 0) is 14.8 Å². The molecule has 0 aliphatic carbocycles. The molecule has 1 N–H and O–H groups in total. The molecule has 6 nitrogen and oxygen atoms in total. The first-order valence-electron chi connectivity index (χ1n) is 8.77. The normalized spacial score (nSPS) is 11.0. The number of benzene rings is 3. The highest BCUT2D eigenvalue weighted by Gasteiger charge is 2.27. The summed E-state index contributed by atoms with van der Waals surface area (Å²) in [5.41, 5.74) is 0.101. The molecule has 0 heterocycles. The fourth-order valence-corrected chi connectivity index (χ4v) is 4.18. The second-order valence-electron chi connectivity index (χ2n) is 6.23. The number of hydrogen-bond donors (Lipinski definition) is 1. The third kappa shape index (κ3) is 4.93. The van der Waals surface area contributed by atoms with Crippen molar-refractivity contribution in [1.82, 2.24) is 0 Å². The van der Waals surface area contributed by atoms with E-state index in [0.29, 0.717) is 11.8 Å². The molecule has 3 aromatic rings. The van der Waals surface area contributed by atoms with Gasteiger partial charge in [0.05, 0.1) is 17.7 Å². The van der Waals surface area contributed by atoms with Crippen LogP contribution < -0.4 is 14.4 Å². The molecule has 0 atom stereocenters. The molecule has 0 radical (unpaired) electrons. The zero-order chi connectivity index (χ0) is 21.7. The second kappa shape index (κ2) is 8.91. The van der Waals surface area contributed by atoms with Crippen LogP contribution in [0.5, 0.6) is 5.75 Å². The van der Waals surface area contributed by atoms with E-state index in [0.717, 1.165) is 16.4 Å². The molecule has 9 heteroatoms. The Morgan fingerprint density at radius 2 is 1.57 bits per heavy atom. The van der Waals surface area contributed by atoms with Crippen molar-refractivity contribution < 1.29 is 26.7 Å². The second-order valence-corrected chi connectivity index (χ2v) is 8.09. The van der Waals surface area contributed by atoms with Crippen LogP contribution in [0.2, 0.25) is 0 Å². The number of hydrogen-bond acceptors (Lipinski definition) is 4. The Balaban J connectivity index is 1.93. The summed E-state index contributed by atoms with van der Waals surface area (Å²) in [4.78, 5) is 12.5. The standard InChI is InChI=1S/C21H18F2N2O4S/c1-29-19-9-7-18(8-10-19)25(30(27,28)20-5-3-2-4-6-20)14-21(26)24-17-12-15(22)11-16(23)13-17/h2-13H,14H2,1H3,(H,24,26). The van der Waals surface area contributed by atoms with Gasteiger partial charge in [-0.05, 0) is 48.5 Å². The van der Waals surface area contributed by atoms with Gasteiger partial charge >= 0.3 is 0 Å². The van der Waals surface area contributed by atoms with Crippen molar-refractivity contribution in [1.29, 1.82) is 0 Å². The topological polar surface area (TPSA) is 75.7 Å². The number of ether oxygens (including phenoxy) is 1. The van der Waals surface area contributed by atoms with Gasteiger partial charge in [0.15, 0.2) is 0 Å². The molecule has 0 saturated heterocycles. The fourth-order valence-electron chi connectivity index (χ4n) is 2.74. The van der Waals surface area contributed by atoms with E-state index >= 15 is 0 Å². The zero-order valence-electron chi connectivity index (χ0n) is 15.9. The maximum absolute atomic E-state index is 13.4. The molecule has 1 amide bonds. The van der Waals surface area contributed by atoms with Crippen LogP contribution in [0.3, 0.4) is 0 Å². The molecule has 0 unspecified atom stereocenters. The van der Waals surface area contributed by atoms with Crippen LogP contribution in [0, 0.1) is 11.6 Å². The lowest BCUT2D eigenvalue weighted by Gasteiger charge is -2.24. The van der Waals surface area contributed by atoms with E-state index in [4.69, 9.17) is 4.74 Å². The highest BCUT2D eigenvalue weighted by molar-refractivity contribution is 7.92. The minimum Gasteiger partial charge on any atom is -0.497 e. The highest BCUT2D eigenvalue weighted by Crippen LogP contribution is 2.26. The van der Waals surface area contributed by atoms with Crippen LogP contribution in [0.4, 0.5) is 20.2 Å². The molecule has 0 saturated carbocycles. The molecule has 0 bridgehead atoms. The van der Waals surface area contributed by atoms with Crippen molar-refractivity contribution in [2.24, 2.45) is 0 Å². The molecule has 0 aliphatic rings. The van der Waals surface area contributed by atoms with Crippen LogP contribution in [0.1, 0.15) is 0 Å². The minimum absolute atomic E-state index is 0.00887. The van der Waals surface area contributed by atoms with Crippen LogP contribution in [0.25, 0.3) is 0 Å². The molecule has 0 spiro atoms. The quantitative estimate of drug-likeness (QED) is 0.616. The summed E-state index contributed by atoms with van der Waals surface area (Å²) in [6.07, 6.45) is 0. The van der Waals surface area contributed by atoms with Gasteiger partial charge in [-0.2, -0.15) is 0 Å². The van der Waals surface area contributed by atoms with E-state index in [9.17, 15) is 22.0 Å². The Morgan fingerprint density at radius 1 is 0.967 bits per heavy atom. The van der Waals surface area contributed by atoms with Gasteiger partial charge in [-0.25, -0.2) is 17.2 Å². The largest absolute Gasteiger partial charge is 0.497 e. The number of amides is 1. The lowest BCUT2D eigenvalue weighted by Crippen LogP contribution is -2.38. The van der Waals surface area contributed by atoms with Gasteiger partial charge in [-0.15, -0.1) is 0 Å². The van der Waals surface area contributed by atoms with E-state index in [2.05, 4.69) is 5.32 Å². The summed E-state index contributed by atoms with van der Waals surface area (Å²) in [5, 5.41) is 2.32. The zero-order valence-corrected chi connectivity index (χ0v) is 16.7. The molecule has 3 aromatic carbocycles. The number of sulfonamides is 1. The van der Waals surface area contributed by atoms with Gasteiger partial charge in [0.1, 0.15) is 23.9 Å². The third-order valence-corrected chi connectivity index (χ3v) is 5.91. The number of rotatable bonds is 7. The fraction of sp³-hybridized carbons (Fsp3) is 0.0952. The van der Waals surface area contributed by atoms with Crippen molar-refractivity contribution >= 4 is 27.3 Å². The molecular weight excluding hydrogens is 414 g/mol. The summed E-state index contributed by atoms with van der Waals surface area (Å²) in [6.45, 7) is -0.609. The monoisotopic (exact) mass is 432 g/mol. The lowest BCUT2D eigenvalue weighted by molar-refractivity contribution is -0.114. The Kier molecular flexibility index (Phi) is 6.31. The molecule has 156 valence electrons. The van der Waals surface area contributed by atoms with Gasteiger partial charge in [0.25, 0.3) is 10.0 Å². The summed E-state index contributed by atoms with van der Waals surface area (Å²) in [6, 6.07) is 16.3. The van der Waals surface area contributed by atoms with Crippen molar-refractivity contribution in [3.05, 3.63) is 84.4 Å². The maximum atomic E-state index is 13.4.